The van der Waals surface area contributed by atoms with Gasteiger partial charge in [0.2, 0.25) is 11.8 Å². The zero-order valence-corrected chi connectivity index (χ0v) is 29.1. The van der Waals surface area contributed by atoms with E-state index in [-0.39, 0.29) is 49.1 Å². The lowest BCUT2D eigenvalue weighted by Gasteiger charge is -2.34. The van der Waals surface area contributed by atoms with Crippen molar-refractivity contribution in [3.8, 4) is 33.6 Å². The summed E-state index contributed by atoms with van der Waals surface area (Å²) in [7, 11) is 2.56. The fourth-order valence-electron chi connectivity index (χ4n) is 8.97. The van der Waals surface area contributed by atoms with E-state index < -0.39 is 12.2 Å². The van der Waals surface area contributed by atoms with Crippen molar-refractivity contribution in [2.24, 2.45) is 11.8 Å². The molecular formula is C38H42N8O6. The molecule has 2 aromatic heterocycles. The lowest BCUT2D eigenvalue weighted by Crippen LogP contribution is -2.45. The van der Waals surface area contributed by atoms with Crippen molar-refractivity contribution in [2.75, 3.05) is 27.3 Å². The number of nitrogens with zero attached hydrogens (tertiary/aromatic N) is 4. The highest BCUT2D eigenvalue weighted by Crippen LogP contribution is 2.51. The summed E-state index contributed by atoms with van der Waals surface area (Å²) in [5.41, 5.74) is 5.88. The van der Waals surface area contributed by atoms with Gasteiger partial charge in [-0.3, -0.25) is 9.59 Å². The number of amides is 4. The van der Waals surface area contributed by atoms with E-state index in [2.05, 4.69) is 78.6 Å². The Bertz CT molecular complexity index is 1830. The summed E-state index contributed by atoms with van der Waals surface area (Å²) < 4.78 is 9.26. The van der Waals surface area contributed by atoms with Crippen molar-refractivity contribution in [3.63, 3.8) is 0 Å². The number of hydrogen-bond donors (Lipinski definition) is 4. The third-order valence-corrected chi connectivity index (χ3v) is 11.4. The first-order chi connectivity index (χ1) is 25.3. The van der Waals surface area contributed by atoms with Crippen molar-refractivity contribution in [2.45, 2.75) is 62.7 Å². The van der Waals surface area contributed by atoms with E-state index in [4.69, 9.17) is 9.97 Å². The van der Waals surface area contributed by atoms with Crippen LogP contribution in [0.4, 0.5) is 9.59 Å². The highest BCUT2D eigenvalue weighted by molar-refractivity contribution is 5.84. The second-order valence-corrected chi connectivity index (χ2v) is 14.2. The Kier molecular flexibility index (Phi) is 8.89. The van der Waals surface area contributed by atoms with Crippen LogP contribution in [-0.2, 0) is 19.1 Å². The van der Waals surface area contributed by atoms with Crippen LogP contribution in [0.3, 0.4) is 0 Å². The SMILES string of the molecule is COC(=O)NCC(=O)N1[C@@H]2CC[C@@H](C2)[C@H]1c1ncc(-c2ccc(-c3ccc(-c4cnc([C@@H]5[C@H]6CC[C@H](C6)N5C(=O)CNC(=O)OC)[nH]4)cc3)cc2)[nH]1. The smallest absolute Gasteiger partial charge is 0.407 e. The number of carbonyl (C=O) groups excluding carboxylic acids is 4. The van der Waals surface area contributed by atoms with Gasteiger partial charge in [-0.1, -0.05) is 48.5 Å². The summed E-state index contributed by atoms with van der Waals surface area (Å²) in [5, 5.41) is 5.04. The lowest BCUT2D eigenvalue weighted by molar-refractivity contribution is -0.135. The summed E-state index contributed by atoms with van der Waals surface area (Å²) >= 11 is 0. The van der Waals surface area contributed by atoms with Crippen LogP contribution in [-0.4, -0.2) is 93.1 Å². The molecule has 2 saturated heterocycles. The molecule has 14 nitrogen and oxygen atoms in total. The van der Waals surface area contributed by atoms with Crippen LogP contribution in [0.25, 0.3) is 33.6 Å². The summed E-state index contributed by atoms with van der Waals surface area (Å²) in [4.78, 5) is 69.6. The zero-order valence-electron chi connectivity index (χ0n) is 29.1. The van der Waals surface area contributed by atoms with E-state index in [1.54, 1.807) is 0 Å². The number of nitrogens with one attached hydrogen (secondary N) is 4. The minimum absolute atomic E-state index is 0.105. The fraction of sp³-hybridized carbons (Fsp3) is 0.421. The number of imidazole rings is 2. The number of aromatic nitrogens is 4. The van der Waals surface area contributed by atoms with Crippen molar-refractivity contribution in [1.29, 1.82) is 0 Å². The van der Waals surface area contributed by atoms with E-state index >= 15 is 0 Å². The molecule has 2 aliphatic carbocycles. The summed E-state index contributed by atoms with van der Waals surface area (Å²) in [6, 6.07) is 16.6. The number of H-pyrrole nitrogens is 2. The molecule has 4 fully saturated rings. The van der Waals surface area contributed by atoms with Crippen LogP contribution in [0, 0.1) is 11.8 Å². The van der Waals surface area contributed by atoms with Gasteiger partial charge >= 0.3 is 12.2 Å². The van der Waals surface area contributed by atoms with Gasteiger partial charge < -0.3 is 39.9 Å². The largest absolute Gasteiger partial charge is 0.453 e. The number of aromatic amines is 2. The lowest BCUT2D eigenvalue weighted by atomic mass is 9.98. The number of likely N-dealkylation sites (tertiary alicyclic amines) is 2. The molecule has 2 aromatic carbocycles. The molecular weight excluding hydrogens is 664 g/mol. The molecule has 14 heteroatoms. The minimum atomic E-state index is -0.622. The van der Waals surface area contributed by atoms with Gasteiger partial charge in [-0.25, -0.2) is 19.6 Å². The Hall–Kier alpha value is -5.66. The minimum Gasteiger partial charge on any atom is -0.453 e. The first kappa shape index (κ1) is 33.5. The van der Waals surface area contributed by atoms with Crippen LogP contribution < -0.4 is 10.6 Å². The molecule has 6 atom stereocenters. The Morgan fingerprint density at radius 3 is 1.40 bits per heavy atom. The molecule has 0 radical (unpaired) electrons. The second kappa shape index (κ2) is 13.8. The maximum absolute atomic E-state index is 13.1. The molecule has 0 spiro atoms. The fourth-order valence-corrected chi connectivity index (χ4v) is 8.97. The summed E-state index contributed by atoms with van der Waals surface area (Å²) in [6.45, 7) is -0.209. The highest BCUT2D eigenvalue weighted by Gasteiger charge is 2.51. The van der Waals surface area contributed by atoms with Gasteiger partial charge in [0, 0.05) is 12.1 Å². The van der Waals surface area contributed by atoms with Crippen LogP contribution in [0.2, 0.25) is 0 Å². The first-order valence-corrected chi connectivity index (χ1v) is 17.9. The number of alkyl carbamates (subject to hydrolysis) is 2. The van der Waals surface area contributed by atoms with Crippen LogP contribution in [0.15, 0.2) is 60.9 Å². The number of hydrogen-bond acceptors (Lipinski definition) is 8. The molecule has 2 saturated carbocycles. The van der Waals surface area contributed by atoms with Gasteiger partial charge in [0.25, 0.3) is 0 Å². The number of carbonyl (C=O) groups is 4. The average molecular weight is 707 g/mol. The Balaban J connectivity index is 0.931. The number of methoxy groups -OCH3 is 2. The van der Waals surface area contributed by atoms with E-state index in [0.29, 0.717) is 11.8 Å². The molecule has 4 N–H and O–H groups in total. The molecule has 8 rings (SSSR count). The number of ether oxygens (including phenoxy) is 2. The van der Waals surface area contributed by atoms with E-state index in [1.807, 2.05) is 22.2 Å². The molecule has 4 bridgehead atoms. The quantitative estimate of drug-likeness (QED) is 0.189. The monoisotopic (exact) mass is 706 g/mol. The molecule has 4 aliphatic rings. The van der Waals surface area contributed by atoms with Crippen LogP contribution in [0.1, 0.15) is 62.3 Å². The van der Waals surface area contributed by atoms with Crippen LogP contribution >= 0.6 is 0 Å². The molecule has 4 heterocycles. The first-order valence-electron chi connectivity index (χ1n) is 17.9. The number of rotatable bonds is 9. The standard InChI is InChI=1S/C38H42N8O6/c1-51-37(49)41-19-31(47)45-27-13-11-25(15-27)33(45)35-39-17-29(43-35)23-7-3-21(4-8-23)22-5-9-24(10-6-22)30-18-40-36(44-30)34-26-12-14-28(16-26)46(34)32(48)20-42-38(50)52-2/h3-10,17-18,25-28,33-34H,11-16,19-20H2,1-2H3,(H,39,43)(H,40,44)(H,41,49)(H,42,50)/t25-,26-,27+,28+,33-,34-/m0/s1. The number of benzene rings is 2. The normalized spacial score (nSPS) is 24.3. The molecule has 0 unspecified atom stereocenters. The summed E-state index contributed by atoms with van der Waals surface area (Å²) in [6.07, 6.45) is 8.31. The zero-order chi connectivity index (χ0) is 35.9. The third-order valence-electron chi connectivity index (χ3n) is 11.4. The van der Waals surface area contributed by atoms with Crippen LogP contribution in [0.5, 0.6) is 0 Å². The highest BCUT2D eigenvalue weighted by atomic mass is 16.5. The van der Waals surface area contributed by atoms with Crippen molar-refractivity contribution < 1.29 is 28.7 Å². The Morgan fingerprint density at radius 2 is 1.02 bits per heavy atom. The van der Waals surface area contributed by atoms with E-state index in [0.717, 1.165) is 83.8 Å². The van der Waals surface area contributed by atoms with Gasteiger partial charge in [-0.2, -0.15) is 0 Å². The van der Waals surface area contributed by atoms with Crippen molar-refractivity contribution in [1.82, 2.24) is 40.4 Å². The van der Waals surface area contributed by atoms with Crippen molar-refractivity contribution >= 4 is 24.0 Å². The topological polar surface area (TPSA) is 175 Å². The van der Waals surface area contributed by atoms with Gasteiger partial charge in [0.05, 0.1) is 50.1 Å². The van der Waals surface area contributed by atoms with Gasteiger partial charge in [0.1, 0.15) is 24.7 Å². The maximum atomic E-state index is 13.1. The molecule has 2 aliphatic heterocycles. The van der Waals surface area contributed by atoms with E-state index in [1.165, 1.54) is 14.2 Å². The average Bonchev–Trinajstić information content (AvgIpc) is 4.04. The van der Waals surface area contributed by atoms with E-state index in [9.17, 15) is 19.2 Å². The van der Waals surface area contributed by atoms with Gasteiger partial charge in [0.15, 0.2) is 0 Å². The Labute approximate surface area is 300 Å². The predicted octanol–water partition coefficient (Wildman–Crippen LogP) is 4.95. The molecule has 4 amide bonds. The molecule has 4 aromatic rings. The van der Waals surface area contributed by atoms with Gasteiger partial charge in [-0.05, 0) is 72.6 Å². The molecule has 52 heavy (non-hydrogen) atoms. The predicted molar refractivity (Wildman–Crippen MR) is 189 cm³/mol. The summed E-state index contributed by atoms with van der Waals surface area (Å²) in [5.74, 6) is 1.95. The Morgan fingerprint density at radius 1 is 0.635 bits per heavy atom. The maximum Gasteiger partial charge on any atom is 0.407 e. The molecule has 270 valence electrons. The van der Waals surface area contributed by atoms with Gasteiger partial charge in [-0.15, -0.1) is 0 Å². The number of fused-ring (bicyclic) bond motifs is 4. The number of piperidine rings is 2. The van der Waals surface area contributed by atoms with Crippen molar-refractivity contribution in [3.05, 3.63) is 72.6 Å². The third kappa shape index (κ3) is 6.15. The second-order valence-electron chi connectivity index (χ2n) is 14.2.